The molecule has 1 saturated heterocycles. The zero-order chi connectivity index (χ0) is 18.0. The number of aromatic nitrogens is 1. The third-order valence-electron chi connectivity index (χ3n) is 4.26. The molecule has 5 nitrogen and oxygen atoms in total. The first-order valence-electron chi connectivity index (χ1n) is 8.06. The highest BCUT2D eigenvalue weighted by Crippen LogP contribution is 2.32. The number of pyridine rings is 1. The summed E-state index contributed by atoms with van der Waals surface area (Å²) in [5.41, 5.74) is 8.21. The molecule has 3 atom stereocenters. The van der Waals surface area contributed by atoms with E-state index in [1.54, 1.807) is 30.3 Å². The third-order valence-corrected chi connectivity index (χ3v) is 5.00. The molecule has 0 radical (unpaired) electrons. The lowest BCUT2D eigenvalue weighted by Crippen LogP contribution is -2.21. The van der Waals surface area contributed by atoms with Crippen LogP contribution in [0.4, 0.5) is 0 Å². The van der Waals surface area contributed by atoms with Gasteiger partial charge in [0.1, 0.15) is 6.10 Å². The molecule has 1 aliphatic heterocycles. The molecular weight excluding hydrogens is 363 g/mol. The number of aryl methyl sites for hydroxylation is 1. The van der Waals surface area contributed by atoms with Crippen molar-refractivity contribution in [1.29, 1.82) is 0 Å². The zero-order valence-corrected chi connectivity index (χ0v) is 15.3. The average molecular weight is 383 g/mol. The summed E-state index contributed by atoms with van der Waals surface area (Å²) in [7, 11) is 0. The van der Waals surface area contributed by atoms with E-state index in [0.717, 1.165) is 6.42 Å². The maximum Gasteiger partial charge on any atom is 0.213 e. The quantitative estimate of drug-likeness (QED) is 0.825. The number of nitrogens with two attached hydrogens (primary N) is 1. The minimum Gasteiger partial charge on any atom is -0.472 e. The van der Waals surface area contributed by atoms with Gasteiger partial charge in [0, 0.05) is 23.7 Å². The van der Waals surface area contributed by atoms with E-state index in [1.165, 1.54) is 0 Å². The Balaban J connectivity index is 1.76. The zero-order valence-electron chi connectivity index (χ0n) is 13.8. The van der Waals surface area contributed by atoms with Crippen molar-refractivity contribution in [3.8, 4) is 5.88 Å². The monoisotopic (exact) mass is 382 g/mol. The number of hydrogen-bond acceptors (Lipinski definition) is 5. The van der Waals surface area contributed by atoms with Crippen molar-refractivity contribution in [3.05, 3.63) is 57.2 Å². The number of ether oxygens (including phenoxy) is 2. The van der Waals surface area contributed by atoms with E-state index >= 15 is 0 Å². The molecule has 0 amide bonds. The largest absolute Gasteiger partial charge is 0.472 e. The molecule has 2 heterocycles. The van der Waals surface area contributed by atoms with Crippen molar-refractivity contribution in [2.24, 2.45) is 5.73 Å². The third kappa shape index (κ3) is 4.25. The van der Waals surface area contributed by atoms with Gasteiger partial charge in [0.15, 0.2) is 0 Å². The summed E-state index contributed by atoms with van der Waals surface area (Å²) in [6.45, 7) is 3.10. The number of nitrogens with zero attached hydrogens (tertiary/aromatic N) is 1. The van der Waals surface area contributed by atoms with Crippen LogP contribution in [0.25, 0.3) is 0 Å². The number of halogens is 2. The number of hydrogen-bond donors (Lipinski definition) is 2. The van der Waals surface area contributed by atoms with Crippen molar-refractivity contribution >= 4 is 23.2 Å². The van der Waals surface area contributed by atoms with E-state index in [2.05, 4.69) is 4.98 Å². The van der Waals surface area contributed by atoms with Crippen LogP contribution < -0.4 is 10.5 Å². The van der Waals surface area contributed by atoms with Crippen molar-refractivity contribution in [3.63, 3.8) is 0 Å². The SMILES string of the molecule is Cc1nc(OC2CCOC2)ccc1C(O)C(N)c1ccc(Cl)c(Cl)c1. The van der Waals surface area contributed by atoms with Gasteiger partial charge in [0.2, 0.25) is 5.88 Å². The maximum atomic E-state index is 10.7. The number of rotatable bonds is 5. The lowest BCUT2D eigenvalue weighted by Gasteiger charge is -2.22. The van der Waals surface area contributed by atoms with Gasteiger partial charge in [-0.05, 0) is 30.7 Å². The molecule has 0 spiro atoms. The van der Waals surface area contributed by atoms with Crippen molar-refractivity contribution < 1.29 is 14.6 Å². The second-order valence-corrected chi connectivity index (χ2v) is 6.89. The highest BCUT2D eigenvalue weighted by molar-refractivity contribution is 6.42. The summed E-state index contributed by atoms with van der Waals surface area (Å²) in [5, 5.41) is 11.5. The Kier molecular flexibility index (Phi) is 5.81. The van der Waals surface area contributed by atoms with E-state index in [4.69, 9.17) is 38.4 Å². The molecule has 1 aromatic heterocycles. The molecule has 2 aromatic rings. The fraction of sp³-hybridized carbons (Fsp3) is 0.389. The van der Waals surface area contributed by atoms with Crippen LogP contribution in [0.3, 0.4) is 0 Å². The van der Waals surface area contributed by atoms with E-state index in [1.807, 2.05) is 6.92 Å². The van der Waals surface area contributed by atoms with Crippen LogP contribution in [0.15, 0.2) is 30.3 Å². The van der Waals surface area contributed by atoms with Crippen molar-refractivity contribution in [2.45, 2.75) is 31.6 Å². The second-order valence-electron chi connectivity index (χ2n) is 6.07. The van der Waals surface area contributed by atoms with Crippen molar-refractivity contribution in [1.82, 2.24) is 4.98 Å². The van der Waals surface area contributed by atoms with Crippen LogP contribution in [-0.4, -0.2) is 29.4 Å². The first-order chi connectivity index (χ1) is 12.0. The summed E-state index contributed by atoms with van der Waals surface area (Å²) >= 11 is 12.0. The van der Waals surface area contributed by atoms with Crippen LogP contribution in [0.2, 0.25) is 10.0 Å². The molecule has 3 rings (SSSR count). The lowest BCUT2D eigenvalue weighted by atomic mass is 9.96. The fourth-order valence-electron chi connectivity index (χ4n) is 2.80. The highest BCUT2D eigenvalue weighted by Gasteiger charge is 2.23. The van der Waals surface area contributed by atoms with Gasteiger partial charge in [-0.15, -0.1) is 0 Å². The average Bonchev–Trinajstić information content (AvgIpc) is 3.09. The Morgan fingerprint density at radius 1 is 1.28 bits per heavy atom. The maximum absolute atomic E-state index is 10.7. The van der Waals surface area contributed by atoms with Crippen LogP contribution in [0.1, 0.15) is 35.4 Å². The predicted octanol–water partition coefficient (Wildman–Crippen LogP) is 3.60. The minimum absolute atomic E-state index is 0.0288. The van der Waals surface area contributed by atoms with Crippen molar-refractivity contribution in [2.75, 3.05) is 13.2 Å². The predicted molar refractivity (Wildman–Crippen MR) is 97.2 cm³/mol. The number of aliphatic hydroxyl groups is 1. The summed E-state index contributed by atoms with van der Waals surface area (Å²) < 4.78 is 11.1. The molecule has 1 fully saturated rings. The topological polar surface area (TPSA) is 77.6 Å². The van der Waals surface area contributed by atoms with E-state index < -0.39 is 12.1 Å². The Hall–Kier alpha value is -1.37. The van der Waals surface area contributed by atoms with E-state index in [-0.39, 0.29) is 6.10 Å². The van der Waals surface area contributed by atoms with Crippen LogP contribution >= 0.6 is 23.2 Å². The van der Waals surface area contributed by atoms with Gasteiger partial charge in [-0.3, -0.25) is 0 Å². The molecule has 25 heavy (non-hydrogen) atoms. The molecule has 0 bridgehead atoms. The normalized spacial score (nSPS) is 19.6. The van der Waals surface area contributed by atoms with Gasteiger partial charge in [-0.2, -0.15) is 0 Å². The molecule has 3 N–H and O–H groups in total. The smallest absolute Gasteiger partial charge is 0.213 e. The fourth-order valence-corrected chi connectivity index (χ4v) is 3.11. The summed E-state index contributed by atoms with van der Waals surface area (Å²) in [6, 6.07) is 7.96. The van der Waals surface area contributed by atoms with E-state index in [0.29, 0.717) is 46.0 Å². The molecule has 0 saturated carbocycles. The van der Waals surface area contributed by atoms with Gasteiger partial charge in [-0.1, -0.05) is 29.3 Å². The summed E-state index contributed by atoms with van der Waals surface area (Å²) in [4.78, 5) is 4.42. The van der Waals surface area contributed by atoms with Gasteiger partial charge in [0.05, 0.1) is 35.4 Å². The summed E-state index contributed by atoms with van der Waals surface area (Å²) in [6.07, 6.45) is -0.0393. The van der Waals surface area contributed by atoms with Gasteiger partial charge < -0.3 is 20.3 Å². The number of aliphatic hydroxyl groups excluding tert-OH is 1. The standard InChI is InChI=1S/C18H20Cl2N2O3/c1-10-13(3-5-16(22-10)25-12-6-7-24-9-12)18(23)17(21)11-2-4-14(19)15(20)8-11/h2-5,8,12,17-18,23H,6-7,9,21H2,1H3. The van der Waals surface area contributed by atoms with E-state index in [9.17, 15) is 5.11 Å². The van der Waals surface area contributed by atoms with Crippen LogP contribution in [0, 0.1) is 6.92 Å². The lowest BCUT2D eigenvalue weighted by molar-refractivity contribution is 0.136. The molecule has 1 aliphatic rings. The molecule has 1 aromatic carbocycles. The molecule has 7 heteroatoms. The first kappa shape index (κ1) is 18.4. The second kappa shape index (κ2) is 7.89. The van der Waals surface area contributed by atoms with Gasteiger partial charge in [-0.25, -0.2) is 4.98 Å². The molecule has 134 valence electrons. The Morgan fingerprint density at radius 2 is 2.08 bits per heavy atom. The number of benzene rings is 1. The molecular formula is C18H20Cl2N2O3. The first-order valence-corrected chi connectivity index (χ1v) is 8.82. The molecule has 0 aliphatic carbocycles. The van der Waals surface area contributed by atoms with Gasteiger partial charge in [0.25, 0.3) is 0 Å². The Morgan fingerprint density at radius 3 is 2.72 bits per heavy atom. The van der Waals surface area contributed by atoms with Crippen LogP contribution in [-0.2, 0) is 4.74 Å². The summed E-state index contributed by atoms with van der Waals surface area (Å²) in [5.74, 6) is 0.520. The Bertz CT molecular complexity index is 751. The van der Waals surface area contributed by atoms with Gasteiger partial charge >= 0.3 is 0 Å². The Labute approximate surface area is 156 Å². The van der Waals surface area contributed by atoms with Crippen LogP contribution in [0.5, 0.6) is 5.88 Å². The minimum atomic E-state index is -0.923. The molecule has 3 unspecified atom stereocenters. The highest BCUT2D eigenvalue weighted by atomic mass is 35.5.